The van der Waals surface area contributed by atoms with Gasteiger partial charge in [0.15, 0.2) is 0 Å². The standard InChI is InChI=1S/C24H41NO2/c1-4-5-6-7-8-9-10-11-12-13-14-18-24(26)25-22-16-15-17-23(19-22)27-20-21(2)3/h15-17,19,21H,4-14,18,20H2,1-3H3,(H,25,26). The van der Waals surface area contributed by atoms with Crippen molar-refractivity contribution in [3.05, 3.63) is 24.3 Å². The number of carbonyl (C=O) groups is 1. The normalized spacial score (nSPS) is 11.0. The molecule has 0 saturated heterocycles. The van der Waals surface area contributed by atoms with Gasteiger partial charge in [-0.15, -0.1) is 0 Å². The minimum absolute atomic E-state index is 0.104. The Labute approximate surface area is 167 Å². The maximum Gasteiger partial charge on any atom is 0.224 e. The topological polar surface area (TPSA) is 38.3 Å². The van der Waals surface area contributed by atoms with Gasteiger partial charge in [0.1, 0.15) is 5.75 Å². The Morgan fingerprint density at radius 1 is 0.926 bits per heavy atom. The lowest BCUT2D eigenvalue weighted by molar-refractivity contribution is -0.116. The monoisotopic (exact) mass is 375 g/mol. The lowest BCUT2D eigenvalue weighted by Gasteiger charge is -2.10. The fourth-order valence-electron chi connectivity index (χ4n) is 3.10. The van der Waals surface area contributed by atoms with Gasteiger partial charge in [0, 0.05) is 18.2 Å². The van der Waals surface area contributed by atoms with E-state index in [4.69, 9.17) is 4.74 Å². The predicted molar refractivity (Wildman–Crippen MR) is 116 cm³/mol. The summed E-state index contributed by atoms with van der Waals surface area (Å²) in [6.45, 7) is 7.20. The maximum atomic E-state index is 12.1. The van der Waals surface area contributed by atoms with Gasteiger partial charge in [0.2, 0.25) is 5.91 Å². The van der Waals surface area contributed by atoms with E-state index in [9.17, 15) is 4.79 Å². The number of anilines is 1. The van der Waals surface area contributed by atoms with Crippen molar-refractivity contribution in [2.24, 2.45) is 5.92 Å². The van der Waals surface area contributed by atoms with Crippen molar-refractivity contribution in [1.82, 2.24) is 0 Å². The molecule has 27 heavy (non-hydrogen) atoms. The van der Waals surface area contributed by atoms with Crippen molar-refractivity contribution in [1.29, 1.82) is 0 Å². The summed E-state index contributed by atoms with van der Waals surface area (Å²) in [6, 6.07) is 7.68. The molecule has 0 radical (unpaired) electrons. The lowest BCUT2D eigenvalue weighted by atomic mass is 10.1. The molecule has 154 valence electrons. The quantitative estimate of drug-likeness (QED) is 0.306. The molecular formula is C24H41NO2. The molecule has 0 aliphatic rings. The SMILES string of the molecule is CCCCCCCCCCCCCC(=O)Nc1cccc(OCC(C)C)c1. The first-order chi connectivity index (χ1) is 13.1. The Hall–Kier alpha value is -1.51. The minimum Gasteiger partial charge on any atom is -0.493 e. The molecule has 3 nitrogen and oxygen atoms in total. The highest BCUT2D eigenvalue weighted by Gasteiger charge is 2.04. The number of ether oxygens (including phenoxy) is 1. The van der Waals surface area contributed by atoms with Gasteiger partial charge in [-0.2, -0.15) is 0 Å². The summed E-state index contributed by atoms with van der Waals surface area (Å²) in [7, 11) is 0. The molecule has 0 spiro atoms. The van der Waals surface area contributed by atoms with Crippen LogP contribution in [0.15, 0.2) is 24.3 Å². The molecule has 0 heterocycles. The zero-order valence-corrected chi connectivity index (χ0v) is 17.9. The van der Waals surface area contributed by atoms with Gasteiger partial charge in [0.25, 0.3) is 0 Å². The van der Waals surface area contributed by atoms with Gasteiger partial charge < -0.3 is 10.1 Å². The second-order valence-corrected chi connectivity index (χ2v) is 8.07. The fourth-order valence-corrected chi connectivity index (χ4v) is 3.10. The third-order valence-corrected chi connectivity index (χ3v) is 4.71. The number of benzene rings is 1. The van der Waals surface area contributed by atoms with Crippen molar-refractivity contribution in [2.75, 3.05) is 11.9 Å². The maximum absolute atomic E-state index is 12.1. The second kappa shape index (κ2) is 15.5. The molecule has 0 unspecified atom stereocenters. The first-order valence-electron chi connectivity index (χ1n) is 11.1. The van der Waals surface area contributed by atoms with Gasteiger partial charge in [-0.1, -0.05) is 91.0 Å². The van der Waals surface area contributed by atoms with Crippen LogP contribution in [0.2, 0.25) is 0 Å². The van der Waals surface area contributed by atoms with Crippen LogP contribution in [-0.2, 0) is 4.79 Å². The molecule has 0 aliphatic carbocycles. The molecule has 0 atom stereocenters. The number of carbonyl (C=O) groups excluding carboxylic acids is 1. The van der Waals surface area contributed by atoms with Crippen molar-refractivity contribution in [2.45, 2.75) is 97.8 Å². The summed E-state index contributed by atoms with van der Waals surface area (Å²) in [5, 5.41) is 2.99. The summed E-state index contributed by atoms with van der Waals surface area (Å²) in [5.41, 5.74) is 0.823. The highest BCUT2D eigenvalue weighted by atomic mass is 16.5. The number of unbranched alkanes of at least 4 members (excludes halogenated alkanes) is 10. The van der Waals surface area contributed by atoms with Crippen LogP contribution < -0.4 is 10.1 Å². The average Bonchev–Trinajstić information content (AvgIpc) is 2.65. The second-order valence-electron chi connectivity index (χ2n) is 8.07. The van der Waals surface area contributed by atoms with E-state index >= 15 is 0 Å². The molecule has 3 heteroatoms. The first kappa shape index (κ1) is 23.5. The van der Waals surface area contributed by atoms with Crippen molar-refractivity contribution < 1.29 is 9.53 Å². The molecule has 0 bridgehead atoms. The molecule has 0 saturated carbocycles. The molecule has 0 aliphatic heterocycles. The summed E-state index contributed by atoms with van der Waals surface area (Å²) < 4.78 is 5.71. The predicted octanol–water partition coefficient (Wildman–Crippen LogP) is 7.36. The van der Waals surface area contributed by atoms with Crippen LogP contribution in [-0.4, -0.2) is 12.5 Å². The van der Waals surface area contributed by atoms with E-state index in [-0.39, 0.29) is 5.91 Å². The third-order valence-electron chi connectivity index (χ3n) is 4.71. The number of nitrogens with one attached hydrogen (secondary N) is 1. The molecule has 1 rings (SSSR count). The number of hydrogen-bond donors (Lipinski definition) is 1. The third kappa shape index (κ3) is 13.3. The van der Waals surface area contributed by atoms with E-state index in [0.29, 0.717) is 18.9 Å². The van der Waals surface area contributed by atoms with E-state index in [1.807, 2.05) is 24.3 Å². The van der Waals surface area contributed by atoms with Crippen LogP contribution in [0.4, 0.5) is 5.69 Å². The lowest BCUT2D eigenvalue weighted by Crippen LogP contribution is -2.11. The number of hydrogen-bond acceptors (Lipinski definition) is 2. The summed E-state index contributed by atoms with van der Waals surface area (Å²) in [6.07, 6.45) is 14.9. The first-order valence-corrected chi connectivity index (χ1v) is 11.1. The van der Waals surface area contributed by atoms with Gasteiger partial charge >= 0.3 is 0 Å². The zero-order chi connectivity index (χ0) is 19.7. The van der Waals surface area contributed by atoms with Gasteiger partial charge in [-0.25, -0.2) is 0 Å². The Morgan fingerprint density at radius 2 is 1.52 bits per heavy atom. The molecule has 1 amide bonds. The van der Waals surface area contributed by atoms with E-state index in [1.54, 1.807) is 0 Å². The Bertz CT molecular complexity index is 499. The smallest absolute Gasteiger partial charge is 0.224 e. The van der Waals surface area contributed by atoms with E-state index in [1.165, 1.54) is 57.8 Å². The summed E-state index contributed by atoms with van der Waals surface area (Å²) >= 11 is 0. The molecule has 1 aromatic rings. The van der Waals surface area contributed by atoms with E-state index < -0.39 is 0 Å². The summed E-state index contributed by atoms with van der Waals surface area (Å²) in [5.74, 6) is 1.41. The highest BCUT2D eigenvalue weighted by molar-refractivity contribution is 5.90. The Balaban J connectivity index is 2.05. The number of amides is 1. The van der Waals surface area contributed by atoms with Crippen LogP contribution in [0.3, 0.4) is 0 Å². The molecule has 0 aromatic heterocycles. The van der Waals surface area contributed by atoms with Crippen molar-refractivity contribution in [3.63, 3.8) is 0 Å². The molecule has 0 fully saturated rings. The molecule has 1 aromatic carbocycles. The van der Waals surface area contributed by atoms with Gasteiger partial charge in [-0.05, 0) is 24.5 Å². The van der Waals surface area contributed by atoms with Gasteiger partial charge in [0.05, 0.1) is 6.61 Å². The van der Waals surface area contributed by atoms with Crippen LogP contribution in [0, 0.1) is 5.92 Å². The van der Waals surface area contributed by atoms with E-state index in [0.717, 1.165) is 24.3 Å². The Kier molecular flexibility index (Phi) is 13.5. The zero-order valence-electron chi connectivity index (χ0n) is 17.9. The van der Waals surface area contributed by atoms with Crippen LogP contribution in [0.5, 0.6) is 5.75 Å². The van der Waals surface area contributed by atoms with Crippen LogP contribution in [0.25, 0.3) is 0 Å². The fraction of sp³-hybridized carbons (Fsp3) is 0.708. The molecular weight excluding hydrogens is 334 g/mol. The Morgan fingerprint density at radius 3 is 2.11 bits per heavy atom. The van der Waals surface area contributed by atoms with Crippen molar-refractivity contribution in [3.8, 4) is 5.75 Å². The van der Waals surface area contributed by atoms with Crippen molar-refractivity contribution >= 4 is 11.6 Å². The molecule has 1 N–H and O–H groups in total. The number of rotatable bonds is 16. The van der Waals surface area contributed by atoms with Crippen LogP contribution in [0.1, 0.15) is 97.8 Å². The highest BCUT2D eigenvalue weighted by Crippen LogP contribution is 2.19. The van der Waals surface area contributed by atoms with E-state index in [2.05, 4.69) is 26.1 Å². The van der Waals surface area contributed by atoms with Gasteiger partial charge in [-0.3, -0.25) is 4.79 Å². The largest absolute Gasteiger partial charge is 0.493 e. The van der Waals surface area contributed by atoms with Crippen LogP contribution >= 0.6 is 0 Å². The minimum atomic E-state index is 0.104. The summed E-state index contributed by atoms with van der Waals surface area (Å²) in [4.78, 5) is 12.1. The average molecular weight is 376 g/mol.